The van der Waals surface area contributed by atoms with Gasteiger partial charge in [-0.05, 0) is 62.1 Å². The lowest BCUT2D eigenvalue weighted by Gasteiger charge is -2.32. The molecule has 0 aliphatic carbocycles. The summed E-state index contributed by atoms with van der Waals surface area (Å²) in [5.74, 6) is -0.573. The predicted octanol–water partition coefficient (Wildman–Crippen LogP) is 6.57. The third-order valence-electron chi connectivity index (χ3n) is 6.07. The van der Waals surface area contributed by atoms with E-state index in [1.807, 2.05) is 20.8 Å². The van der Waals surface area contributed by atoms with Gasteiger partial charge in [0.1, 0.15) is 6.04 Å². The summed E-state index contributed by atoms with van der Waals surface area (Å²) in [6, 6.07) is 8.72. The number of carbonyl (C=O) groups excluding carboxylic acids is 2. The number of benzene rings is 2. The number of carbonyl (C=O) groups is 2. The molecule has 0 radical (unpaired) electrons. The maximum atomic E-state index is 13.5. The predicted molar refractivity (Wildman–Crippen MR) is 157 cm³/mol. The van der Waals surface area contributed by atoms with E-state index in [-0.39, 0.29) is 54.5 Å². The van der Waals surface area contributed by atoms with Crippen molar-refractivity contribution in [1.82, 2.24) is 10.2 Å². The van der Waals surface area contributed by atoms with Gasteiger partial charge in [-0.1, -0.05) is 66.3 Å². The second-order valence-corrected chi connectivity index (χ2v) is 12.6. The summed E-state index contributed by atoms with van der Waals surface area (Å²) in [4.78, 5) is 28.1. The summed E-state index contributed by atoms with van der Waals surface area (Å²) in [5.41, 5.74) is 0.876. The van der Waals surface area contributed by atoms with Gasteiger partial charge in [-0.15, -0.1) is 0 Å². The Balaban J connectivity index is 2.30. The van der Waals surface area contributed by atoms with Crippen molar-refractivity contribution in [3.63, 3.8) is 0 Å². The highest BCUT2D eigenvalue weighted by Gasteiger charge is 2.30. The molecule has 0 aliphatic rings. The molecule has 0 aliphatic heterocycles. The first-order valence-electron chi connectivity index (χ1n) is 12.2. The molecular formula is C26H33Cl4N3O4S. The van der Waals surface area contributed by atoms with Crippen LogP contribution in [0.1, 0.15) is 52.0 Å². The summed E-state index contributed by atoms with van der Waals surface area (Å²) in [5, 5.41) is 4.34. The summed E-state index contributed by atoms with van der Waals surface area (Å²) in [7, 11) is -3.71. The van der Waals surface area contributed by atoms with Crippen LogP contribution in [0.2, 0.25) is 20.1 Å². The molecule has 0 bridgehead atoms. The van der Waals surface area contributed by atoms with Crippen molar-refractivity contribution >= 4 is 73.9 Å². The number of halogens is 4. The first kappa shape index (κ1) is 32.5. The van der Waals surface area contributed by atoms with E-state index in [2.05, 4.69) is 5.32 Å². The van der Waals surface area contributed by atoms with E-state index in [4.69, 9.17) is 46.4 Å². The number of sulfonamides is 1. The Bertz CT molecular complexity index is 1240. The minimum absolute atomic E-state index is 0.00393. The SMILES string of the molecule is CC[C@@H](C)NC(=O)[C@@H](CC)N(Cc1ccc(Cl)cc1Cl)C(=O)CCCN(c1cc(Cl)ccc1Cl)S(C)(=O)=O. The molecule has 2 atom stereocenters. The third-order valence-corrected chi connectivity index (χ3v) is 8.39. The molecule has 2 aromatic carbocycles. The maximum Gasteiger partial charge on any atom is 0.243 e. The Morgan fingerprint density at radius 3 is 2.16 bits per heavy atom. The average molecular weight is 625 g/mol. The van der Waals surface area contributed by atoms with Crippen LogP contribution in [-0.2, 0) is 26.2 Å². The lowest BCUT2D eigenvalue weighted by atomic mass is 10.1. The minimum Gasteiger partial charge on any atom is -0.352 e. The largest absolute Gasteiger partial charge is 0.352 e. The lowest BCUT2D eigenvalue weighted by molar-refractivity contribution is -0.141. The molecular weight excluding hydrogens is 592 g/mol. The molecule has 12 heteroatoms. The molecule has 0 unspecified atom stereocenters. The summed E-state index contributed by atoms with van der Waals surface area (Å²) in [6.07, 6.45) is 2.36. The highest BCUT2D eigenvalue weighted by atomic mass is 35.5. The fourth-order valence-electron chi connectivity index (χ4n) is 3.85. The van der Waals surface area contributed by atoms with Crippen LogP contribution in [0.15, 0.2) is 36.4 Å². The topological polar surface area (TPSA) is 86.8 Å². The van der Waals surface area contributed by atoms with E-state index in [9.17, 15) is 18.0 Å². The third kappa shape index (κ3) is 9.19. The van der Waals surface area contributed by atoms with Gasteiger partial charge < -0.3 is 10.2 Å². The number of hydrogen-bond acceptors (Lipinski definition) is 4. The number of rotatable bonds is 13. The number of nitrogens with one attached hydrogen (secondary N) is 1. The van der Waals surface area contributed by atoms with Crippen molar-refractivity contribution in [2.24, 2.45) is 0 Å². The summed E-state index contributed by atoms with van der Waals surface area (Å²) >= 11 is 24.7. The van der Waals surface area contributed by atoms with Crippen molar-refractivity contribution in [2.75, 3.05) is 17.1 Å². The van der Waals surface area contributed by atoms with Gasteiger partial charge in [0.05, 0.1) is 17.0 Å². The molecule has 7 nitrogen and oxygen atoms in total. The average Bonchev–Trinajstić information content (AvgIpc) is 2.83. The quantitative estimate of drug-likeness (QED) is 0.273. The Labute approximate surface area is 245 Å². The number of anilines is 1. The van der Waals surface area contributed by atoms with Crippen molar-refractivity contribution in [3.05, 3.63) is 62.1 Å². The Hall–Kier alpha value is -1.71. The lowest BCUT2D eigenvalue weighted by Crippen LogP contribution is -2.50. The highest BCUT2D eigenvalue weighted by molar-refractivity contribution is 7.92. The van der Waals surface area contributed by atoms with Crippen LogP contribution in [0.3, 0.4) is 0 Å². The highest BCUT2D eigenvalue weighted by Crippen LogP contribution is 2.31. The smallest absolute Gasteiger partial charge is 0.243 e. The monoisotopic (exact) mass is 623 g/mol. The van der Waals surface area contributed by atoms with Crippen molar-refractivity contribution in [1.29, 1.82) is 0 Å². The zero-order chi connectivity index (χ0) is 28.6. The summed E-state index contributed by atoms with van der Waals surface area (Å²) in [6.45, 7) is 5.78. The van der Waals surface area contributed by atoms with E-state index >= 15 is 0 Å². The van der Waals surface area contributed by atoms with Crippen LogP contribution in [-0.4, -0.2) is 50.0 Å². The van der Waals surface area contributed by atoms with Crippen LogP contribution in [0.4, 0.5) is 5.69 Å². The zero-order valence-corrected chi connectivity index (χ0v) is 25.6. The van der Waals surface area contributed by atoms with E-state index in [0.29, 0.717) is 27.1 Å². The molecule has 0 aromatic heterocycles. The molecule has 0 spiro atoms. The Kier molecular flexibility index (Phi) is 12.5. The molecule has 2 rings (SSSR count). The van der Waals surface area contributed by atoms with Gasteiger partial charge in [0.15, 0.2) is 0 Å². The van der Waals surface area contributed by atoms with Crippen molar-refractivity contribution < 1.29 is 18.0 Å². The fraction of sp³-hybridized carbons (Fsp3) is 0.462. The molecule has 38 heavy (non-hydrogen) atoms. The second-order valence-electron chi connectivity index (χ2n) is 9.03. The first-order valence-corrected chi connectivity index (χ1v) is 15.6. The Morgan fingerprint density at radius 1 is 0.947 bits per heavy atom. The maximum absolute atomic E-state index is 13.5. The van der Waals surface area contributed by atoms with Crippen LogP contribution in [0, 0.1) is 0 Å². The van der Waals surface area contributed by atoms with Gasteiger partial charge in [-0.2, -0.15) is 0 Å². The van der Waals surface area contributed by atoms with Gasteiger partial charge in [-0.3, -0.25) is 13.9 Å². The van der Waals surface area contributed by atoms with Gasteiger partial charge >= 0.3 is 0 Å². The molecule has 0 fully saturated rings. The summed E-state index contributed by atoms with van der Waals surface area (Å²) < 4.78 is 26.2. The normalized spacial score (nSPS) is 13.1. The standard InChI is InChI=1S/C26H33Cl4N3O4S/c1-5-17(3)31-26(35)23(6-2)32(16-18-9-10-19(27)14-22(18)30)25(34)8-7-13-33(38(4,36)37)24-15-20(28)11-12-21(24)29/h9-12,14-15,17,23H,5-8,13,16H2,1-4H3,(H,31,35)/t17-,23-/m1/s1. The zero-order valence-electron chi connectivity index (χ0n) is 21.8. The van der Waals surface area contributed by atoms with Gasteiger partial charge in [0.2, 0.25) is 21.8 Å². The van der Waals surface area contributed by atoms with Crippen LogP contribution < -0.4 is 9.62 Å². The second kappa shape index (κ2) is 14.6. The first-order chi connectivity index (χ1) is 17.8. The molecule has 0 heterocycles. The fourth-order valence-corrected chi connectivity index (χ4v) is 5.73. The van der Waals surface area contributed by atoms with Crippen molar-refractivity contribution in [3.8, 4) is 0 Å². The minimum atomic E-state index is -3.71. The molecule has 210 valence electrons. The van der Waals surface area contributed by atoms with Gasteiger partial charge in [0, 0.05) is 40.6 Å². The van der Waals surface area contributed by atoms with Crippen LogP contribution >= 0.6 is 46.4 Å². The van der Waals surface area contributed by atoms with E-state index in [1.165, 1.54) is 17.0 Å². The van der Waals surface area contributed by atoms with Gasteiger partial charge in [-0.25, -0.2) is 8.42 Å². The van der Waals surface area contributed by atoms with E-state index < -0.39 is 16.1 Å². The number of nitrogens with zero attached hydrogens (tertiary/aromatic N) is 2. The van der Waals surface area contributed by atoms with E-state index in [1.54, 1.807) is 24.3 Å². The van der Waals surface area contributed by atoms with Crippen molar-refractivity contribution in [2.45, 2.75) is 65.1 Å². The molecule has 2 amide bonds. The van der Waals surface area contributed by atoms with E-state index in [0.717, 1.165) is 17.0 Å². The van der Waals surface area contributed by atoms with Crippen LogP contribution in [0.25, 0.3) is 0 Å². The molecule has 0 saturated carbocycles. The number of hydrogen-bond donors (Lipinski definition) is 1. The van der Waals surface area contributed by atoms with Gasteiger partial charge in [0.25, 0.3) is 0 Å². The molecule has 1 N–H and O–H groups in total. The Morgan fingerprint density at radius 2 is 1.58 bits per heavy atom. The molecule has 2 aromatic rings. The molecule has 0 saturated heterocycles. The van der Waals surface area contributed by atoms with Crippen LogP contribution in [0.5, 0.6) is 0 Å². The number of amides is 2.